The Kier molecular flexibility index (Phi) is 5.87. The molecule has 1 saturated heterocycles. The van der Waals surface area contributed by atoms with Crippen LogP contribution in [0, 0.1) is 6.92 Å². The minimum absolute atomic E-state index is 0.116. The minimum atomic E-state index is -0.116. The molecule has 0 atom stereocenters. The van der Waals surface area contributed by atoms with Crippen LogP contribution in [0.3, 0.4) is 0 Å². The second-order valence-corrected chi connectivity index (χ2v) is 5.51. The number of piperidine rings is 1. The highest BCUT2D eigenvalue weighted by Crippen LogP contribution is 2.09. The molecular weight excluding hydrogens is 250 g/mol. The van der Waals surface area contributed by atoms with Crippen LogP contribution in [-0.2, 0) is 0 Å². The molecule has 0 radical (unpaired) electrons. The first-order valence-corrected chi connectivity index (χ1v) is 7.58. The standard InChI is InChI=1S/C16H25N3O/c1-14-7-5-8-15(13-14)18-16(20)17-9-6-12-19-10-3-2-4-11-19/h5,7-8,13H,2-4,6,9-12H2,1H3,(H2,17,18,20). The van der Waals surface area contributed by atoms with E-state index in [0.29, 0.717) is 0 Å². The van der Waals surface area contributed by atoms with Crippen LogP contribution in [0.1, 0.15) is 31.2 Å². The third-order valence-electron chi connectivity index (χ3n) is 3.66. The van der Waals surface area contributed by atoms with E-state index in [1.165, 1.54) is 32.4 Å². The Morgan fingerprint density at radius 3 is 2.80 bits per heavy atom. The van der Waals surface area contributed by atoms with Crippen LogP contribution in [0.15, 0.2) is 24.3 Å². The quantitative estimate of drug-likeness (QED) is 0.811. The van der Waals surface area contributed by atoms with Crippen LogP contribution < -0.4 is 10.6 Å². The van der Waals surface area contributed by atoms with Gasteiger partial charge in [0.05, 0.1) is 0 Å². The average Bonchev–Trinajstić information content (AvgIpc) is 2.45. The molecule has 1 aliphatic rings. The smallest absolute Gasteiger partial charge is 0.319 e. The zero-order chi connectivity index (χ0) is 14.2. The fourth-order valence-electron chi connectivity index (χ4n) is 2.59. The van der Waals surface area contributed by atoms with Crippen molar-refractivity contribution in [2.75, 3.05) is 31.5 Å². The molecule has 2 amide bonds. The average molecular weight is 275 g/mol. The number of nitrogens with zero attached hydrogens (tertiary/aromatic N) is 1. The lowest BCUT2D eigenvalue weighted by Gasteiger charge is -2.26. The first-order chi connectivity index (χ1) is 9.74. The molecule has 1 aliphatic heterocycles. The van der Waals surface area contributed by atoms with Gasteiger partial charge in [-0.3, -0.25) is 0 Å². The number of nitrogens with one attached hydrogen (secondary N) is 2. The number of aryl methyl sites for hydroxylation is 1. The number of likely N-dealkylation sites (tertiary alicyclic amines) is 1. The van der Waals surface area contributed by atoms with Gasteiger partial charge in [0.2, 0.25) is 0 Å². The van der Waals surface area contributed by atoms with Gasteiger partial charge in [-0.25, -0.2) is 4.79 Å². The Morgan fingerprint density at radius 2 is 2.05 bits per heavy atom. The Bertz CT molecular complexity index is 427. The molecule has 110 valence electrons. The highest BCUT2D eigenvalue weighted by atomic mass is 16.2. The number of carbonyl (C=O) groups is 1. The molecule has 2 rings (SSSR count). The normalized spacial score (nSPS) is 15.8. The van der Waals surface area contributed by atoms with Crippen molar-refractivity contribution in [1.29, 1.82) is 0 Å². The first-order valence-electron chi connectivity index (χ1n) is 7.58. The first kappa shape index (κ1) is 14.9. The molecule has 1 aromatic rings. The fraction of sp³-hybridized carbons (Fsp3) is 0.562. The van der Waals surface area contributed by atoms with E-state index in [1.807, 2.05) is 31.2 Å². The number of amides is 2. The Balaban J connectivity index is 1.60. The van der Waals surface area contributed by atoms with Gasteiger partial charge in [0, 0.05) is 12.2 Å². The number of carbonyl (C=O) groups excluding carboxylic acids is 1. The van der Waals surface area contributed by atoms with Crippen LogP contribution in [0.25, 0.3) is 0 Å². The summed E-state index contributed by atoms with van der Waals surface area (Å²) in [5.74, 6) is 0. The number of hydrogen-bond donors (Lipinski definition) is 2. The van der Waals surface area contributed by atoms with Crippen LogP contribution in [0.5, 0.6) is 0 Å². The van der Waals surface area contributed by atoms with Gasteiger partial charge in [-0.15, -0.1) is 0 Å². The van der Waals surface area contributed by atoms with Crippen molar-refractivity contribution < 1.29 is 4.79 Å². The summed E-state index contributed by atoms with van der Waals surface area (Å²) in [6.45, 7) is 6.27. The molecule has 1 aromatic carbocycles. The lowest BCUT2D eigenvalue weighted by Crippen LogP contribution is -2.34. The third kappa shape index (κ3) is 5.21. The maximum absolute atomic E-state index is 11.7. The van der Waals surface area contributed by atoms with E-state index >= 15 is 0 Å². The van der Waals surface area contributed by atoms with Crippen molar-refractivity contribution in [3.8, 4) is 0 Å². The number of urea groups is 1. The largest absolute Gasteiger partial charge is 0.338 e. The van der Waals surface area contributed by atoms with Crippen LogP contribution >= 0.6 is 0 Å². The highest BCUT2D eigenvalue weighted by molar-refractivity contribution is 5.89. The lowest BCUT2D eigenvalue weighted by molar-refractivity contribution is 0.224. The van der Waals surface area contributed by atoms with E-state index in [0.717, 1.165) is 30.8 Å². The van der Waals surface area contributed by atoms with E-state index in [-0.39, 0.29) is 6.03 Å². The van der Waals surface area contributed by atoms with Crippen molar-refractivity contribution in [1.82, 2.24) is 10.2 Å². The minimum Gasteiger partial charge on any atom is -0.338 e. The van der Waals surface area contributed by atoms with Crippen molar-refractivity contribution in [3.05, 3.63) is 29.8 Å². The highest BCUT2D eigenvalue weighted by Gasteiger charge is 2.09. The van der Waals surface area contributed by atoms with Crippen molar-refractivity contribution in [3.63, 3.8) is 0 Å². The van der Waals surface area contributed by atoms with Gasteiger partial charge in [0.25, 0.3) is 0 Å². The Morgan fingerprint density at radius 1 is 1.25 bits per heavy atom. The van der Waals surface area contributed by atoms with Gasteiger partial charge in [0.1, 0.15) is 0 Å². The summed E-state index contributed by atoms with van der Waals surface area (Å²) < 4.78 is 0. The molecule has 0 spiro atoms. The summed E-state index contributed by atoms with van der Waals surface area (Å²) in [4.78, 5) is 14.2. The predicted octanol–water partition coefficient (Wildman–Crippen LogP) is 2.99. The topological polar surface area (TPSA) is 44.4 Å². The number of anilines is 1. The van der Waals surface area contributed by atoms with Crippen LogP contribution in [-0.4, -0.2) is 37.1 Å². The van der Waals surface area contributed by atoms with Gasteiger partial charge < -0.3 is 15.5 Å². The van der Waals surface area contributed by atoms with Crippen molar-refractivity contribution in [2.45, 2.75) is 32.6 Å². The predicted molar refractivity (Wildman–Crippen MR) is 83.1 cm³/mol. The second-order valence-electron chi connectivity index (χ2n) is 5.51. The Labute approximate surface area is 121 Å². The zero-order valence-electron chi connectivity index (χ0n) is 12.3. The summed E-state index contributed by atoms with van der Waals surface area (Å²) in [5.41, 5.74) is 1.99. The summed E-state index contributed by atoms with van der Waals surface area (Å²) in [6.07, 6.45) is 5.03. The third-order valence-corrected chi connectivity index (χ3v) is 3.66. The monoisotopic (exact) mass is 275 g/mol. The lowest BCUT2D eigenvalue weighted by atomic mass is 10.1. The summed E-state index contributed by atoms with van der Waals surface area (Å²) in [5, 5.41) is 5.77. The maximum Gasteiger partial charge on any atom is 0.319 e. The maximum atomic E-state index is 11.7. The molecule has 4 nitrogen and oxygen atoms in total. The van der Waals surface area contributed by atoms with E-state index in [9.17, 15) is 4.79 Å². The molecule has 0 saturated carbocycles. The van der Waals surface area contributed by atoms with Crippen LogP contribution in [0.2, 0.25) is 0 Å². The fourth-order valence-corrected chi connectivity index (χ4v) is 2.59. The van der Waals surface area contributed by atoms with Gasteiger partial charge in [-0.2, -0.15) is 0 Å². The van der Waals surface area contributed by atoms with Gasteiger partial charge in [-0.05, 0) is 63.5 Å². The number of rotatable bonds is 5. The molecule has 2 N–H and O–H groups in total. The molecule has 1 fully saturated rings. The molecule has 0 aliphatic carbocycles. The summed E-state index contributed by atoms with van der Waals surface area (Å²) in [6, 6.07) is 7.71. The summed E-state index contributed by atoms with van der Waals surface area (Å²) >= 11 is 0. The number of hydrogen-bond acceptors (Lipinski definition) is 2. The van der Waals surface area contributed by atoms with E-state index < -0.39 is 0 Å². The molecule has 20 heavy (non-hydrogen) atoms. The molecule has 1 heterocycles. The second kappa shape index (κ2) is 7.90. The molecule has 0 unspecified atom stereocenters. The van der Waals surface area contributed by atoms with Crippen molar-refractivity contribution >= 4 is 11.7 Å². The molecule has 4 heteroatoms. The van der Waals surface area contributed by atoms with E-state index in [1.54, 1.807) is 0 Å². The van der Waals surface area contributed by atoms with Gasteiger partial charge in [-0.1, -0.05) is 18.6 Å². The number of benzene rings is 1. The van der Waals surface area contributed by atoms with Crippen LogP contribution in [0.4, 0.5) is 10.5 Å². The van der Waals surface area contributed by atoms with Crippen molar-refractivity contribution in [2.24, 2.45) is 0 Å². The molecule has 0 aromatic heterocycles. The van der Waals surface area contributed by atoms with E-state index in [2.05, 4.69) is 15.5 Å². The van der Waals surface area contributed by atoms with Gasteiger partial charge >= 0.3 is 6.03 Å². The molecular formula is C16H25N3O. The molecule has 0 bridgehead atoms. The SMILES string of the molecule is Cc1cccc(NC(=O)NCCCN2CCCCC2)c1. The van der Waals surface area contributed by atoms with E-state index in [4.69, 9.17) is 0 Å². The summed E-state index contributed by atoms with van der Waals surface area (Å²) in [7, 11) is 0. The Hall–Kier alpha value is -1.55. The zero-order valence-corrected chi connectivity index (χ0v) is 12.3. The van der Waals surface area contributed by atoms with Gasteiger partial charge in [0.15, 0.2) is 0 Å².